The van der Waals surface area contributed by atoms with Crippen LogP contribution in [0.3, 0.4) is 0 Å². The number of rotatable bonds is 4. The average Bonchev–Trinajstić information content (AvgIpc) is 2.58. The third kappa shape index (κ3) is 6.34. The number of aromatic nitrogens is 1. The van der Waals surface area contributed by atoms with Gasteiger partial charge in [0.15, 0.2) is 0 Å². The molecular formula is C17H17F3N4O4. The summed E-state index contributed by atoms with van der Waals surface area (Å²) >= 11 is 0. The molecule has 0 saturated heterocycles. The van der Waals surface area contributed by atoms with Crippen molar-refractivity contribution in [3.63, 3.8) is 0 Å². The van der Waals surface area contributed by atoms with Crippen molar-refractivity contribution < 1.29 is 32.5 Å². The maximum Gasteiger partial charge on any atom is 0.573 e. The standard InChI is InChI=1S/C17H17F3N4O4/c1-10-4-6-13(8-14(10)28-17(18,19)20)27-15-7-5-12(9-21-15)22-11(2)23-24(3)16(25)26/h4-9H,1-3H3,(H,22,23)(H,25,26). The van der Waals surface area contributed by atoms with Gasteiger partial charge in [0.25, 0.3) is 0 Å². The van der Waals surface area contributed by atoms with Crippen LogP contribution >= 0.6 is 0 Å². The lowest BCUT2D eigenvalue weighted by molar-refractivity contribution is -0.274. The number of carboxylic acid groups (broad SMARTS) is 1. The minimum Gasteiger partial charge on any atom is -0.464 e. The molecule has 2 aromatic rings. The van der Waals surface area contributed by atoms with E-state index in [1.54, 1.807) is 13.0 Å². The van der Waals surface area contributed by atoms with E-state index in [0.717, 1.165) is 11.1 Å². The molecule has 28 heavy (non-hydrogen) atoms. The van der Waals surface area contributed by atoms with Crippen molar-refractivity contribution >= 4 is 17.6 Å². The number of carbonyl (C=O) groups is 1. The van der Waals surface area contributed by atoms with Gasteiger partial charge in [0.2, 0.25) is 5.88 Å². The van der Waals surface area contributed by atoms with Gasteiger partial charge in [-0.1, -0.05) is 6.07 Å². The monoisotopic (exact) mass is 398 g/mol. The molecule has 0 saturated carbocycles. The average molecular weight is 398 g/mol. The molecule has 8 nitrogen and oxygen atoms in total. The summed E-state index contributed by atoms with van der Waals surface area (Å²) in [6.07, 6.45) is -4.62. The number of aryl methyl sites for hydroxylation is 1. The summed E-state index contributed by atoms with van der Waals surface area (Å²) in [6.45, 7) is 3.05. The summed E-state index contributed by atoms with van der Waals surface area (Å²) < 4.78 is 46.7. The van der Waals surface area contributed by atoms with Crippen molar-refractivity contribution in [1.82, 2.24) is 15.4 Å². The minimum absolute atomic E-state index is 0.120. The van der Waals surface area contributed by atoms with Gasteiger partial charge in [-0.15, -0.1) is 13.2 Å². The molecule has 1 amide bonds. The van der Waals surface area contributed by atoms with Gasteiger partial charge in [-0.2, -0.15) is 0 Å². The van der Waals surface area contributed by atoms with E-state index in [1.165, 1.54) is 38.4 Å². The highest BCUT2D eigenvalue weighted by atomic mass is 19.4. The Morgan fingerprint density at radius 1 is 1.29 bits per heavy atom. The Bertz CT molecular complexity index is 870. The molecule has 2 N–H and O–H groups in total. The zero-order valence-electron chi connectivity index (χ0n) is 15.1. The Kier molecular flexibility index (Phi) is 6.29. The van der Waals surface area contributed by atoms with E-state index < -0.39 is 12.5 Å². The number of ether oxygens (including phenoxy) is 2. The van der Waals surface area contributed by atoms with Crippen molar-refractivity contribution in [1.29, 1.82) is 0 Å². The summed E-state index contributed by atoms with van der Waals surface area (Å²) in [5, 5.41) is 9.62. The van der Waals surface area contributed by atoms with Crippen molar-refractivity contribution in [2.45, 2.75) is 20.2 Å². The van der Waals surface area contributed by atoms with Crippen molar-refractivity contribution in [2.75, 3.05) is 7.05 Å². The number of benzene rings is 1. The Labute approximate surface area is 158 Å². The lowest BCUT2D eigenvalue weighted by Gasteiger charge is -2.15. The van der Waals surface area contributed by atoms with Gasteiger partial charge in [-0.25, -0.2) is 19.8 Å². The van der Waals surface area contributed by atoms with E-state index in [2.05, 4.69) is 20.1 Å². The second-order valence-electron chi connectivity index (χ2n) is 5.58. The maximum atomic E-state index is 12.4. The zero-order chi connectivity index (χ0) is 20.9. The minimum atomic E-state index is -4.80. The molecular weight excluding hydrogens is 381 g/mol. The molecule has 0 fully saturated rings. The van der Waals surface area contributed by atoms with Gasteiger partial charge in [-0.3, -0.25) is 5.43 Å². The highest BCUT2D eigenvalue weighted by molar-refractivity contribution is 5.83. The number of hydrazine groups is 1. The number of pyridine rings is 1. The summed E-state index contributed by atoms with van der Waals surface area (Å²) in [5.74, 6) is 0.201. The third-order valence-corrected chi connectivity index (χ3v) is 3.24. The molecule has 11 heteroatoms. The van der Waals surface area contributed by atoms with Gasteiger partial charge in [-0.05, 0) is 31.5 Å². The maximum absolute atomic E-state index is 12.4. The van der Waals surface area contributed by atoms with E-state index in [1.807, 2.05) is 0 Å². The summed E-state index contributed by atoms with van der Waals surface area (Å²) in [7, 11) is 1.31. The van der Waals surface area contributed by atoms with Crippen LogP contribution in [-0.4, -0.2) is 40.4 Å². The number of amidine groups is 1. The molecule has 0 unspecified atom stereocenters. The molecule has 0 spiro atoms. The van der Waals surface area contributed by atoms with Gasteiger partial charge in [0.05, 0.1) is 11.9 Å². The molecule has 0 aliphatic rings. The number of halogens is 3. The number of alkyl halides is 3. The largest absolute Gasteiger partial charge is 0.573 e. The number of hydrogen-bond donors (Lipinski definition) is 2. The molecule has 150 valence electrons. The van der Waals surface area contributed by atoms with Crippen LogP contribution in [0.5, 0.6) is 17.4 Å². The summed E-state index contributed by atoms with van der Waals surface area (Å²) in [6, 6.07) is 7.06. The molecule has 1 heterocycles. The molecule has 0 aliphatic carbocycles. The van der Waals surface area contributed by atoms with Gasteiger partial charge in [0, 0.05) is 19.2 Å². The van der Waals surface area contributed by atoms with Crippen LogP contribution in [0.2, 0.25) is 0 Å². The lowest BCUT2D eigenvalue weighted by Crippen LogP contribution is -2.41. The first kappa shape index (κ1) is 20.8. The van der Waals surface area contributed by atoms with Crippen LogP contribution in [0.1, 0.15) is 12.5 Å². The molecule has 1 aromatic heterocycles. The first-order valence-electron chi connectivity index (χ1n) is 7.82. The number of aliphatic imine (C=N–C) groups is 1. The molecule has 1 aromatic carbocycles. The van der Waals surface area contributed by atoms with Crippen molar-refractivity contribution in [3.8, 4) is 17.4 Å². The molecule has 2 rings (SSSR count). The first-order chi connectivity index (χ1) is 13.0. The number of nitrogens with zero attached hydrogens (tertiary/aromatic N) is 3. The normalized spacial score (nSPS) is 11.7. The van der Waals surface area contributed by atoms with E-state index in [0.29, 0.717) is 17.1 Å². The highest BCUT2D eigenvalue weighted by Gasteiger charge is 2.31. The second-order valence-corrected chi connectivity index (χ2v) is 5.58. The van der Waals surface area contributed by atoms with E-state index in [4.69, 9.17) is 9.84 Å². The molecule has 0 atom stereocenters. The van der Waals surface area contributed by atoms with Gasteiger partial charge >= 0.3 is 12.5 Å². The number of nitrogens with one attached hydrogen (secondary N) is 1. The molecule has 0 aliphatic heterocycles. The van der Waals surface area contributed by atoms with Crippen molar-refractivity contribution in [3.05, 3.63) is 42.1 Å². The van der Waals surface area contributed by atoms with Crippen LogP contribution < -0.4 is 14.9 Å². The fourth-order valence-corrected chi connectivity index (χ4v) is 2.01. The number of hydrogen-bond acceptors (Lipinski definition) is 5. The Balaban J connectivity index is 2.08. The summed E-state index contributed by atoms with van der Waals surface area (Å²) in [5.41, 5.74) is 3.25. The van der Waals surface area contributed by atoms with Gasteiger partial charge < -0.3 is 14.6 Å². The van der Waals surface area contributed by atoms with E-state index >= 15 is 0 Å². The molecule has 0 bridgehead atoms. The highest BCUT2D eigenvalue weighted by Crippen LogP contribution is 2.31. The van der Waals surface area contributed by atoms with Crippen LogP contribution in [-0.2, 0) is 0 Å². The SMILES string of the molecule is CC(=Nc1ccc(Oc2ccc(C)c(OC(F)(F)F)c2)nc1)NN(C)C(=O)O. The van der Waals surface area contributed by atoms with E-state index in [-0.39, 0.29) is 17.4 Å². The Hall–Kier alpha value is -3.50. The fourth-order valence-electron chi connectivity index (χ4n) is 2.01. The fraction of sp³-hybridized carbons (Fsp3) is 0.235. The topological polar surface area (TPSA) is 96.3 Å². The molecule has 0 radical (unpaired) electrons. The second kappa shape index (κ2) is 8.46. The van der Waals surface area contributed by atoms with Gasteiger partial charge in [0.1, 0.15) is 17.3 Å². The predicted octanol–water partition coefficient (Wildman–Crippen LogP) is 4.25. The van der Waals surface area contributed by atoms with Crippen LogP contribution in [0.25, 0.3) is 0 Å². The van der Waals surface area contributed by atoms with Crippen LogP contribution in [0.15, 0.2) is 41.5 Å². The zero-order valence-corrected chi connectivity index (χ0v) is 15.1. The lowest BCUT2D eigenvalue weighted by atomic mass is 10.2. The first-order valence-corrected chi connectivity index (χ1v) is 7.82. The number of amides is 1. The quantitative estimate of drug-likeness (QED) is 0.454. The van der Waals surface area contributed by atoms with Crippen LogP contribution in [0, 0.1) is 6.92 Å². The van der Waals surface area contributed by atoms with Crippen molar-refractivity contribution in [2.24, 2.45) is 4.99 Å². The summed E-state index contributed by atoms with van der Waals surface area (Å²) in [4.78, 5) is 18.9. The smallest absolute Gasteiger partial charge is 0.464 e. The van der Waals surface area contributed by atoms with Crippen LogP contribution in [0.4, 0.5) is 23.7 Å². The Morgan fingerprint density at radius 3 is 2.57 bits per heavy atom. The predicted molar refractivity (Wildman–Crippen MR) is 93.9 cm³/mol. The third-order valence-electron chi connectivity index (χ3n) is 3.24. The Morgan fingerprint density at radius 2 is 2.00 bits per heavy atom. The van der Waals surface area contributed by atoms with E-state index in [9.17, 15) is 18.0 Å².